The van der Waals surface area contributed by atoms with Gasteiger partial charge in [-0.1, -0.05) is 154 Å². The molecule has 8 aromatic carbocycles. The summed E-state index contributed by atoms with van der Waals surface area (Å²) in [4.78, 5) is 2.73. The minimum atomic E-state index is -0.144. The Morgan fingerprint density at radius 3 is 1.76 bits per heavy atom. The fraction of sp³-hybridized carbons (Fsp3) is 0.226. The predicted octanol–water partition coefficient (Wildman–Crippen LogP) is 15.6. The van der Waals surface area contributed by atoms with E-state index in [9.17, 15) is 0 Å². The minimum Gasteiger partial charge on any atom is -0.376 e. The van der Waals surface area contributed by atoms with Gasteiger partial charge in [0.2, 0.25) is 0 Å². The van der Waals surface area contributed by atoms with Gasteiger partial charge in [0.1, 0.15) is 0 Å². The Morgan fingerprint density at radius 1 is 0.455 bits per heavy atom. The van der Waals surface area contributed by atoms with Gasteiger partial charge in [-0.05, 0) is 138 Å². The number of hydrogen-bond acceptors (Lipinski definition) is 2. The number of anilines is 2. The molecule has 0 amide bonds. The summed E-state index contributed by atoms with van der Waals surface area (Å²) in [6, 6.07) is 55.3. The first-order chi connectivity index (χ1) is 31.5. The number of rotatable bonds is 1. The van der Waals surface area contributed by atoms with Crippen LogP contribution in [0.5, 0.6) is 0 Å². The third kappa shape index (κ3) is 4.83. The molecule has 4 aliphatic rings. The molecule has 0 fully saturated rings. The Kier molecular flexibility index (Phi) is 7.27. The van der Waals surface area contributed by atoms with Crippen LogP contribution >= 0.6 is 11.3 Å². The summed E-state index contributed by atoms with van der Waals surface area (Å²) >= 11 is 1.93. The zero-order chi connectivity index (χ0) is 45.1. The largest absolute Gasteiger partial charge is 0.376 e. The third-order valence-corrected chi connectivity index (χ3v) is 17.6. The lowest BCUT2D eigenvalue weighted by molar-refractivity contribution is 0.590. The van der Waals surface area contributed by atoms with Gasteiger partial charge in [0.25, 0.3) is 0 Å². The smallest absolute Gasteiger partial charge is 0.333 e. The molecule has 10 aromatic rings. The molecule has 320 valence electrons. The maximum atomic E-state index is 2.73. The molecule has 2 nitrogen and oxygen atoms in total. The molecule has 0 atom stereocenters. The van der Waals surface area contributed by atoms with E-state index >= 15 is 0 Å². The standard InChI is InChI=1S/C62H53BN2S/c1-59(2,3)34-19-22-36(23-20-34)65-53-30-46-45-27-35(60(4,5)6)21-26-55(45)66-56(46)31-44(53)39-24-25-40-43-28-41-37-15-11-13-17-47(37)61(7,8)49(41)32-52(43)64-54-33-50-42(29-51(54)63(65)57(39)58(40)64)38-16-12-14-18-48(38)62(50,9)10/h11-33H,1-10H3. The predicted molar refractivity (Wildman–Crippen MR) is 285 cm³/mol. The molecule has 2 aliphatic heterocycles. The monoisotopic (exact) mass is 868 g/mol. The van der Waals surface area contributed by atoms with Crippen molar-refractivity contribution in [3.8, 4) is 39.1 Å². The average Bonchev–Trinajstić information content (AvgIpc) is 3.96. The summed E-state index contributed by atoms with van der Waals surface area (Å²) in [5.41, 5.74) is 25.5. The highest BCUT2D eigenvalue weighted by Gasteiger charge is 2.47. The Bertz CT molecular complexity index is 3840. The second kappa shape index (κ2) is 12.3. The van der Waals surface area contributed by atoms with Crippen LogP contribution < -0.4 is 15.7 Å². The molecule has 4 heteroatoms. The Labute approximate surface area is 392 Å². The fourth-order valence-corrected chi connectivity index (χ4v) is 14.0. The van der Waals surface area contributed by atoms with Crippen molar-refractivity contribution < 1.29 is 0 Å². The summed E-state index contributed by atoms with van der Waals surface area (Å²) in [6.07, 6.45) is 0. The van der Waals surface area contributed by atoms with E-state index in [1.165, 1.54) is 137 Å². The number of aromatic nitrogens is 1. The van der Waals surface area contributed by atoms with Crippen molar-refractivity contribution in [2.24, 2.45) is 0 Å². The van der Waals surface area contributed by atoms with E-state index in [1.807, 2.05) is 11.3 Å². The lowest BCUT2D eigenvalue weighted by Gasteiger charge is -2.42. The SMILES string of the molecule is CC(C)(C)c1ccc(N2B3c4cc5c(cc4-n4c6cc7c(cc6c6ccc(c3c64)-c3cc4sc6ccc(C(C)(C)C)cc6c4cc32)-c2ccccc2C7(C)C)C(C)(C)c2ccccc2-5)cc1. The average molecular weight is 869 g/mol. The zero-order valence-corrected chi connectivity index (χ0v) is 40.5. The molecule has 0 radical (unpaired) electrons. The molecule has 0 bridgehead atoms. The molecule has 2 aliphatic carbocycles. The van der Waals surface area contributed by atoms with Gasteiger partial charge in [-0.25, -0.2) is 0 Å². The summed E-state index contributed by atoms with van der Waals surface area (Å²) in [6.45, 7) is 23.6. The van der Waals surface area contributed by atoms with Gasteiger partial charge in [0, 0.05) is 64.4 Å². The van der Waals surface area contributed by atoms with Crippen LogP contribution in [0.15, 0.2) is 140 Å². The fourth-order valence-electron chi connectivity index (χ4n) is 12.9. The number of nitrogens with zero attached hydrogens (tertiary/aromatic N) is 2. The molecule has 14 rings (SSSR count). The van der Waals surface area contributed by atoms with Gasteiger partial charge in [-0.2, -0.15) is 0 Å². The van der Waals surface area contributed by atoms with Gasteiger partial charge in [0.15, 0.2) is 0 Å². The molecular weight excluding hydrogens is 816 g/mol. The van der Waals surface area contributed by atoms with E-state index in [2.05, 4.69) is 218 Å². The van der Waals surface area contributed by atoms with Gasteiger partial charge < -0.3 is 9.38 Å². The van der Waals surface area contributed by atoms with Gasteiger partial charge in [-0.3, -0.25) is 0 Å². The summed E-state index contributed by atoms with van der Waals surface area (Å²) in [5, 5.41) is 5.35. The van der Waals surface area contributed by atoms with Crippen LogP contribution in [0.4, 0.5) is 11.4 Å². The maximum absolute atomic E-state index is 2.73. The Balaban J connectivity index is 1.14. The molecule has 4 heterocycles. The maximum Gasteiger partial charge on any atom is 0.333 e. The van der Waals surface area contributed by atoms with E-state index in [4.69, 9.17) is 0 Å². The molecular formula is C62H53BN2S. The number of fused-ring (bicyclic) bond motifs is 17. The van der Waals surface area contributed by atoms with E-state index in [-0.39, 0.29) is 28.5 Å². The van der Waals surface area contributed by atoms with Crippen molar-refractivity contribution >= 4 is 82.5 Å². The number of thiophene rings is 1. The van der Waals surface area contributed by atoms with Crippen LogP contribution in [0.25, 0.3) is 81.0 Å². The van der Waals surface area contributed by atoms with Gasteiger partial charge in [0.05, 0.1) is 11.0 Å². The minimum absolute atomic E-state index is 0.0398. The van der Waals surface area contributed by atoms with Crippen LogP contribution in [0.1, 0.15) is 103 Å². The summed E-state index contributed by atoms with van der Waals surface area (Å²) in [7, 11) is 0. The van der Waals surface area contributed by atoms with Crippen molar-refractivity contribution in [3.63, 3.8) is 0 Å². The van der Waals surface area contributed by atoms with E-state index < -0.39 is 0 Å². The van der Waals surface area contributed by atoms with Crippen molar-refractivity contribution in [1.82, 2.24) is 4.57 Å². The summed E-state index contributed by atoms with van der Waals surface area (Å²) < 4.78 is 5.39. The molecule has 0 saturated heterocycles. The second-order valence-corrected chi connectivity index (χ2v) is 24.1. The molecule has 66 heavy (non-hydrogen) atoms. The van der Waals surface area contributed by atoms with Crippen molar-refractivity contribution in [1.29, 1.82) is 0 Å². The van der Waals surface area contributed by atoms with Crippen LogP contribution in [-0.2, 0) is 21.7 Å². The second-order valence-electron chi connectivity index (χ2n) is 23.0. The van der Waals surface area contributed by atoms with E-state index in [0.717, 1.165) is 0 Å². The lowest BCUT2D eigenvalue weighted by Crippen LogP contribution is -2.60. The Hall–Kier alpha value is -6.36. The number of hydrogen-bond donors (Lipinski definition) is 0. The normalized spacial score (nSPS) is 15.9. The zero-order valence-electron chi connectivity index (χ0n) is 39.7. The quantitative estimate of drug-likeness (QED) is 0.149. The van der Waals surface area contributed by atoms with Crippen LogP contribution in [0.2, 0.25) is 0 Å². The molecule has 2 aromatic heterocycles. The lowest BCUT2D eigenvalue weighted by atomic mass is 9.43. The molecule has 0 saturated carbocycles. The highest BCUT2D eigenvalue weighted by molar-refractivity contribution is 7.25. The number of benzene rings is 8. The summed E-state index contributed by atoms with van der Waals surface area (Å²) in [5.74, 6) is 0. The van der Waals surface area contributed by atoms with Crippen molar-refractivity contribution in [2.75, 3.05) is 4.81 Å². The topological polar surface area (TPSA) is 8.17 Å². The Morgan fingerprint density at radius 2 is 1.08 bits per heavy atom. The molecule has 0 unspecified atom stereocenters. The van der Waals surface area contributed by atoms with Crippen LogP contribution in [0.3, 0.4) is 0 Å². The highest BCUT2D eigenvalue weighted by Crippen LogP contribution is 2.55. The van der Waals surface area contributed by atoms with Gasteiger partial charge in [-0.15, -0.1) is 11.3 Å². The first-order valence-corrected chi connectivity index (χ1v) is 24.8. The van der Waals surface area contributed by atoms with E-state index in [0.29, 0.717) is 0 Å². The molecule has 0 spiro atoms. The van der Waals surface area contributed by atoms with Crippen LogP contribution in [0, 0.1) is 0 Å². The first kappa shape index (κ1) is 38.9. The third-order valence-electron chi connectivity index (χ3n) is 16.5. The van der Waals surface area contributed by atoms with Crippen molar-refractivity contribution in [2.45, 2.75) is 90.9 Å². The van der Waals surface area contributed by atoms with Crippen molar-refractivity contribution in [3.05, 3.63) is 173 Å². The molecule has 0 N–H and O–H groups in total. The first-order valence-electron chi connectivity index (χ1n) is 24.0. The van der Waals surface area contributed by atoms with Gasteiger partial charge >= 0.3 is 6.85 Å². The van der Waals surface area contributed by atoms with Crippen LogP contribution in [-0.4, -0.2) is 11.4 Å². The highest BCUT2D eigenvalue weighted by atomic mass is 32.1. The van der Waals surface area contributed by atoms with E-state index in [1.54, 1.807) is 0 Å².